The lowest BCUT2D eigenvalue weighted by Crippen LogP contribution is -2.40. The molecule has 1 aliphatic heterocycles. The molecule has 0 aliphatic carbocycles. The van der Waals surface area contributed by atoms with Gasteiger partial charge in [0.25, 0.3) is 0 Å². The highest BCUT2D eigenvalue weighted by molar-refractivity contribution is 5.93. The van der Waals surface area contributed by atoms with Crippen molar-refractivity contribution in [2.75, 3.05) is 50.0 Å². The first-order valence-electron chi connectivity index (χ1n) is 24.8. The summed E-state index contributed by atoms with van der Waals surface area (Å²) in [5, 5.41) is 45.3. The third kappa shape index (κ3) is 19.9. The number of aromatic nitrogens is 1. The molecule has 5 aromatic carbocycles. The standard InChI is InChI=1S/C52H58N6O7.2C2HF3O2/c1-35(54-34-47(60)43-19-21-46(59)51-44(43)20-22-48(61)56-51)31-38-10-8-9-36(32-38)23-27-53-49(62)33-37-15-17-40(18-16-37)57(2)50(63)26-30-58-28-24-41(25-29-58)65-52(64)55-45-14-7-6-13-42(45)39-11-4-3-5-12-39;2*3-2(4,5)1(6)7/h3-22,32,35,41,47,54,59-60H,23-31,33-34H2,1-2H3,(H,53,62)(H,55,64)(H,56,61);2*(H,6,7)/t35?,47-;;/m0../s1. The number of pyridine rings is 1. The summed E-state index contributed by atoms with van der Waals surface area (Å²) in [7, 11) is 1.77. The molecule has 422 valence electrons. The highest BCUT2D eigenvalue weighted by Gasteiger charge is 2.39. The number of halogens is 6. The maximum atomic E-state index is 13.2. The number of para-hydroxylation sites is 1. The number of H-pyrrole nitrogens is 1. The van der Waals surface area contributed by atoms with Gasteiger partial charge in [0.15, 0.2) is 0 Å². The van der Waals surface area contributed by atoms with Gasteiger partial charge in [-0.2, -0.15) is 26.3 Å². The van der Waals surface area contributed by atoms with Crippen molar-refractivity contribution >= 4 is 52.1 Å². The molecule has 2 atom stereocenters. The number of benzene rings is 5. The van der Waals surface area contributed by atoms with E-state index in [1.54, 1.807) is 24.1 Å². The Morgan fingerprint density at radius 2 is 1.41 bits per heavy atom. The lowest BCUT2D eigenvalue weighted by Gasteiger charge is -2.31. The molecule has 7 rings (SSSR count). The summed E-state index contributed by atoms with van der Waals surface area (Å²) in [6.45, 7) is 4.92. The fraction of sp³-hybridized carbons (Fsp3) is 0.321. The van der Waals surface area contributed by atoms with Crippen molar-refractivity contribution in [2.24, 2.45) is 0 Å². The molecule has 8 N–H and O–H groups in total. The van der Waals surface area contributed by atoms with Crippen LogP contribution in [0.4, 0.5) is 42.5 Å². The topological polar surface area (TPSA) is 251 Å². The summed E-state index contributed by atoms with van der Waals surface area (Å²) >= 11 is 0. The number of aliphatic hydroxyl groups excluding tert-OH is 1. The maximum absolute atomic E-state index is 13.2. The number of hydrogen-bond acceptors (Lipinski definition) is 11. The number of anilines is 2. The summed E-state index contributed by atoms with van der Waals surface area (Å²) in [6, 6.07) is 39.5. The number of hydrogen-bond donors (Lipinski definition) is 8. The van der Waals surface area contributed by atoms with E-state index in [1.165, 1.54) is 12.1 Å². The molecular weight excluding hydrogens is 1050 g/mol. The number of fused-ring (bicyclic) bond motifs is 1. The molecule has 0 bridgehead atoms. The Morgan fingerprint density at radius 1 is 0.785 bits per heavy atom. The van der Waals surface area contributed by atoms with E-state index in [0.717, 1.165) is 53.0 Å². The Kier molecular flexibility index (Phi) is 22.5. The Balaban J connectivity index is 0.000000725. The molecule has 6 aromatic rings. The smallest absolute Gasteiger partial charge is 0.490 e. The van der Waals surface area contributed by atoms with Crippen LogP contribution in [-0.4, -0.2) is 124 Å². The Labute approximate surface area is 449 Å². The lowest BCUT2D eigenvalue weighted by atomic mass is 10.0. The number of ether oxygens (including phenoxy) is 1. The first kappa shape index (κ1) is 61.6. The van der Waals surface area contributed by atoms with E-state index in [-0.39, 0.29) is 41.7 Å². The van der Waals surface area contributed by atoms with Crippen LogP contribution in [0.3, 0.4) is 0 Å². The predicted molar refractivity (Wildman–Crippen MR) is 283 cm³/mol. The van der Waals surface area contributed by atoms with E-state index >= 15 is 0 Å². The number of carbonyl (C=O) groups is 5. The number of rotatable bonds is 18. The lowest BCUT2D eigenvalue weighted by molar-refractivity contribution is -0.193. The van der Waals surface area contributed by atoms with Gasteiger partial charge in [-0.15, -0.1) is 0 Å². The third-order valence-corrected chi connectivity index (χ3v) is 12.4. The number of alkyl halides is 6. The fourth-order valence-corrected chi connectivity index (χ4v) is 8.31. The van der Waals surface area contributed by atoms with Crippen LogP contribution in [0, 0.1) is 0 Å². The van der Waals surface area contributed by atoms with Gasteiger partial charge in [0.05, 0.1) is 23.7 Å². The number of nitrogens with zero attached hydrogens (tertiary/aromatic N) is 2. The normalized spacial score (nSPS) is 13.6. The number of nitrogens with one attached hydrogen (secondary N) is 4. The maximum Gasteiger partial charge on any atom is 0.490 e. The molecule has 1 aromatic heterocycles. The van der Waals surface area contributed by atoms with Gasteiger partial charge in [-0.05, 0) is 90.8 Å². The number of carboxylic acids is 2. The molecule has 1 saturated heterocycles. The van der Waals surface area contributed by atoms with Gasteiger partial charge in [0.2, 0.25) is 17.4 Å². The van der Waals surface area contributed by atoms with Crippen molar-refractivity contribution in [3.63, 3.8) is 0 Å². The van der Waals surface area contributed by atoms with Gasteiger partial charge in [-0.1, -0.05) is 91.0 Å². The van der Waals surface area contributed by atoms with Crippen LogP contribution in [0.1, 0.15) is 54.5 Å². The molecule has 1 aliphatic rings. The van der Waals surface area contributed by atoms with E-state index in [2.05, 4.69) is 44.9 Å². The summed E-state index contributed by atoms with van der Waals surface area (Å²) < 4.78 is 69.3. The number of carboxylic acid groups (broad SMARTS) is 2. The predicted octanol–water partition coefficient (Wildman–Crippen LogP) is 8.39. The van der Waals surface area contributed by atoms with Crippen molar-refractivity contribution in [2.45, 2.75) is 76.1 Å². The molecule has 0 radical (unpaired) electrons. The first-order valence-corrected chi connectivity index (χ1v) is 24.8. The summed E-state index contributed by atoms with van der Waals surface area (Å²) in [5.74, 6) is -5.64. The third-order valence-electron chi connectivity index (χ3n) is 12.4. The Bertz CT molecular complexity index is 3040. The Hall–Kier alpha value is -8.28. The molecule has 2 heterocycles. The van der Waals surface area contributed by atoms with E-state index in [9.17, 15) is 55.7 Å². The van der Waals surface area contributed by atoms with Crippen molar-refractivity contribution in [1.82, 2.24) is 20.5 Å². The number of phenols is 1. The van der Waals surface area contributed by atoms with Crippen LogP contribution in [0.25, 0.3) is 22.0 Å². The van der Waals surface area contributed by atoms with Crippen molar-refractivity contribution < 1.29 is 75.5 Å². The van der Waals surface area contributed by atoms with Crippen molar-refractivity contribution in [3.8, 4) is 16.9 Å². The molecule has 0 spiro atoms. The quantitative estimate of drug-likeness (QED) is 0.0377. The number of aliphatic carboxylic acids is 2. The van der Waals surface area contributed by atoms with Crippen LogP contribution in [0.15, 0.2) is 132 Å². The zero-order valence-corrected chi connectivity index (χ0v) is 42.9. The van der Waals surface area contributed by atoms with E-state index in [0.29, 0.717) is 67.5 Å². The molecule has 1 fully saturated rings. The monoisotopic (exact) mass is 1110 g/mol. The minimum atomic E-state index is -5.08. The molecule has 79 heavy (non-hydrogen) atoms. The SMILES string of the molecule is CC(Cc1cccc(CCNC(=O)Cc2ccc(N(C)C(=O)CCN3CCC(OC(=O)Nc4ccccc4-c4ccccc4)CC3)cc2)c1)NC[C@H](O)c1ccc(O)c2[nH]c(=O)ccc12.O=C(O)C(F)(F)F.O=C(O)C(F)(F)F. The zero-order chi connectivity index (χ0) is 57.9. The molecule has 23 heteroatoms. The summed E-state index contributed by atoms with van der Waals surface area (Å²) in [6.07, 6.45) is -8.28. The number of carbonyl (C=O) groups excluding carboxylic acids is 3. The Morgan fingerprint density at radius 3 is 2.05 bits per heavy atom. The average molecular weight is 1110 g/mol. The highest BCUT2D eigenvalue weighted by Crippen LogP contribution is 2.30. The molecule has 1 unspecified atom stereocenters. The second-order valence-electron chi connectivity index (χ2n) is 18.4. The van der Waals surface area contributed by atoms with E-state index < -0.39 is 36.5 Å². The number of aromatic hydroxyl groups is 1. The van der Waals surface area contributed by atoms with E-state index in [1.807, 2.05) is 91.0 Å². The minimum Gasteiger partial charge on any atom is -0.506 e. The first-order chi connectivity index (χ1) is 37.4. The number of likely N-dealkylation sites (tertiary alicyclic amines) is 1. The number of aromatic amines is 1. The zero-order valence-electron chi connectivity index (χ0n) is 42.9. The van der Waals surface area contributed by atoms with Crippen molar-refractivity contribution in [1.29, 1.82) is 0 Å². The number of aliphatic hydroxyl groups is 1. The van der Waals surface area contributed by atoms with Gasteiger partial charge in [-0.3, -0.25) is 19.7 Å². The molecular formula is C56H60F6N6O11. The van der Waals surface area contributed by atoms with Crippen molar-refractivity contribution in [3.05, 3.63) is 160 Å². The number of piperidine rings is 1. The molecule has 0 saturated carbocycles. The second-order valence-corrected chi connectivity index (χ2v) is 18.4. The van der Waals surface area contributed by atoms with Crippen LogP contribution in [-0.2, 0) is 43.2 Å². The van der Waals surface area contributed by atoms with Gasteiger partial charge >= 0.3 is 30.4 Å². The fourth-order valence-electron chi connectivity index (χ4n) is 8.31. The number of amides is 3. The van der Waals surface area contributed by atoms with Gasteiger partial charge in [-0.25, -0.2) is 14.4 Å². The van der Waals surface area contributed by atoms with Gasteiger partial charge in [0, 0.05) is 74.9 Å². The average Bonchev–Trinajstić information content (AvgIpc) is 3.48. The van der Waals surface area contributed by atoms with Crippen LogP contribution in [0.5, 0.6) is 5.75 Å². The van der Waals surface area contributed by atoms with Gasteiger partial charge in [0.1, 0.15) is 11.9 Å². The summed E-state index contributed by atoms with van der Waals surface area (Å²) in [4.78, 5) is 74.9. The van der Waals surface area contributed by atoms with Gasteiger partial charge < -0.3 is 50.6 Å². The van der Waals surface area contributed by atoms with Crippen LogP contribution < -0.4 is 26.4 Å². The second kappa shape index (κ2) is 28.9. The largest absolute Gasteiger partial charge is 0.506 e. The minimum absolute atomic E-state index is 0.00116. The highest BCUT2D eigenvalue weighted by atomic mass is 19.4. The number of phenolic OH excluding ortho intramolecular Hbond substituents is 1. The molecule has 17 nitrogen and oxygen atoms in total. The summed E-state index contributed by atoms with van der Waals surface area (Å²) in [5.41, 5.74) is 7.10. The molecule has 3 amide bonds. The van der Waals surface area contributed by atoms with E-state index in [4.69, 9.17) is 24.5 Å². The van der Waals surface area contributed by atoms with Crippen LogP contribution >= 0.6 is 0 Å². The van der Waals surface area contributed by atoms with Crippen LogP contribution in [0.2, 0.25) is 0 Å².